The average molecular weight is 323 g/mol. The lowest BCUT2D eigenvalue weighted by Crippen LogP contribution is -2.40. The highest BCUT2D eigenvalue weighted by molar-refractivity contribution is 6.27. The third-order valence-corrected chi connectivity index (χ3v) is 3.69. The molecule has 23 heavy (non-hydrogen) atoms. The van der Waals surface area contributed by atoms with Gasteiger partial charge in [0.15, 0.2) is 0 Å². The number of H-pyrrole nitrogens is 1. The second-order valence-corrected chi connectivity index (χ2v) is 5.14. The van der Waals surface area contributed by atoms with Crippen molar-refractivity contribution in [2.45, 2.75) is 24.9 Å². The van der Waals surface area contributed by atoms with Gasteiger partial charge in [-0.05, 0) is 0 Å². The van der Waals surface area contributed by atoms with Crippen LogP contribution in [0.2, 0.25) is 0 Å². The van der Waals surface area contributed by atoms with Crippen LogP contribution in [0.5, 0.6) is 0 Å². The van der Waals surface area contributed by atoms with E-state index in [2.05, 4.69) is 0 Å². The fourth-order valence-corrected chi connectivity index (χ4v) is 2.54. The third kappa shape index (κ3) is 2.52. The molecule has 0 aromatic carbocycles. The summed E-state index contributed by atoms with van der Waals surface area (Å²) in [5, 5.41) is 18.8. The first-order valence-corrected chi connectivity index (χ1v) is 6.78. The zero-order valence-electron chi connectivity index (χ0n) is 11.7. The fourth-order valence-electron chi connectivity index (χ4n) is 2.54. The van der Waals surface area contributed by atoms with E-state index in [0.717, 1.165) is 22.9 Å². The highest BCUT2D eigenvalue weighted by Crippen LogP contribution is 2.28. The van der Waals surface area contributed by atoms with Gasteiger partial charge in [0, 0.05) is 24.8 Å². The second-order valence-electron chi connectivity index (χ2n) is 5.14. The van der Waals surface area contributed by atoms with Crippen molar-refractivity contribution >= 4 is 17.5 Å². The molecule has 1 fully saturated rings. The molecule has 122 valence electrons. The highest BCUT2D eigenvalue weighted by atomic mass is 16.5. The van der Waals surface area contributed by atoms with Gasteiger partial charge >= 0.3 is 5.69 Å². The molecule has 1 aromatic rings. The van der Waals surface area contributed by atoms with Crippen molar-refractivity contribution in [3.63, 3.8) is 0 Å². The number of ether oxygens (including phenoxy) is 1. The Balaban J connectivity index is 2.02. The maximum absolute atomic E-state index is 11.9. The van der Waals surface area contributed by atoms with E-state index >= 15 is 0 Å². The number of carbonyl (C=O) groups is 2. The Morgan fingerprint density at radius 3 is 2.43 bits per heavy atom. The number of aliphatic hydroxyl groups excluding tert-OH is 2. The van der Waals surface area contributed by atoms with E-state index in [-0.39, 0.29) is 12.1 Å². The summed E-state index contributed by atoms with van der Waals surface area (Å²) in [6.45, 7) is -0.435. The van der Waals surface area contributed by atoms with Crippen molar-refractivity contribution in [2.24, 2.45) is 0 Å². The Morgan fingerprint density at radius 1 is 1.22 bits per heavy atom. The number of rotatable bonds is 3. The molecule has 10 heteroatoms. The van der Waals surface area contributed by atoms with E-state index in [1.807, 2.05) is 4.98 Å². The summed E-state index contributed by atoms with van der Waals surface area (Å²) in [6, 6.07) is 0. The quantitative estimate of drug-likeness (QED) is 0.527. The van der Waals surface area contributed by atoms with Crippen molar-refractivity contribution in [1.29, 1.82) is 0 Å². The molecule has 0 radical (unpaired) electrons. The summed E-state index contributed by atoms with van der Waals surface area (Å²) in [5.74, 6) is -1.40. The Morgan fingerprint density at radius 2 is 1.87 bits per heavy atom. The molecule has 3 N–H and O–H groups in total. The Bertz CT molecular complexity index is 791. The molecular formula is C13H13N3O7. The van der Waals surface area contributed by atoms with E-state index in [0.29, 0.717) is 4.90 Å². The Kier molecular flexibility index (Phi) is 3.72. The van der Waals surface area contributed by atoms with Crippen LogP contribution in [0.25, 0.3) is 0 Å². The lowest BCUT2D eigenvalue weighted by Gasteiger charge is -2.18. The average Bonchev–Trinajstić information content (AvgIpc) is 3.03. The normalized spacial score (nSPS) is 27.2. The maximum Gasteiger partial charge on any atom is 0.330 e. The van der Waals surface area contributed by atoms with Crippen LogP contribution < -0.4 is 16.1 Å². The van der Waals surface area contributed by atoms with Crippen molar-refractivity contribution in [1.82, 2.24) is 9.55 Å². The van der Waals surface area contributed by atoms with E-state index in [4.69, 9.17) is 9.84 Å². The van der Waals surface area contributed by atoms with Crippen LogP contribution in [0.15, 0.2) is 27.9 Å². The summed E-state index contributed by atoms with van der Waals surface area (Å²) < 4.78 is 6.30. The van der Waals surface area contributed by atoms with Gasteiger partial charge in [-0.1, -0.05) is 0 Å². The number of amides is 2. The molecule has 2 aliphatic heterocycles. The Hall–Kier alpha value is -2.56. The summed E-state index contributed by atoms with van der Waals surface area (Å²) in [7, 11) is 0. The van der Waals surface area contributed by atoms with Crippen molar-refractivity contribution in [3.05, 3.63) is 39.2 Å². The molecule has 0 saturated carbocycles. The van der Waals surface area contributed by atoms with E-state index < -0.39 is 48.1 Å². The molecule has 0 aliphatic carbocycles. The number of aromatic nitrogens is 2. The molecular weight excluding hydrogens is 310 g/mol. The highest BCUT2D eigenvalue weighted by Gasteiger charge is 2.36. The SMILES string of the molecule is O=C1C=CC(=O)N1c1cn([C@H]2C[C@H](O)[C@@H](CO)O2)c(=O)[nH]c1=O. The lowest BCUT2D eigenvalue weighted by molar-refractivity contribution is -0.120. The van der Waals surface area contributed by atoms with Gasteiger partial charge in [-0.2, -0.15) is 0 Å². The molecule has 2 aliphatic rings. The topological polar surface area (TPSA) is 142 Å². The largest absolute Gasteiger partial charge is 0.394 e. The standard InChI is InChI=1S/C13H13N3O7/c17-5-8-7(18)3-11(23-8)15-4-6(12(21)14-13(15)22)16-9(19)1-2-10(16)20/h1-2,4,7-8,11,17-18H,3,5H2,(H,14,21,22)/t7-,8+,11+/m0/s1. The van der Waals surface area contributed by atoms with Crippen LogP contribution in [-0.2, 0) is 14.3 Å². The van der Waals surface area contributed by atoms with Crippen LogP contribution in [0.3, 0.4) is 0 Å². The predicted octanol–water partition coefficient (Wildman–Crippen LogP) is -2.39. The third-order valence-electron chi connectivity index (χ3n) is 3.69. The van der Waals surface area contributed by atoms with Gasteiger partial charge in [-0.15, -0.1) is 0 Å². The summed E-state index contributed by atoms with van der Waals surface area (Å²) >= 11 is 0. The lowest BCUT2D eigenvalue weighted by atomic mass is 10.2. The first kappa shape index (κ1) is 15.3. The number of aliphatic hydroxyl groups is 2. The predicted molar refractivity (Wildman–Crippen MR) is 74.6 cm³/mol. The van der Waals surface area contributed by atoms with Gasteiger partial charge in [0.05, 0.1) is 12.7 Å². The van der Waals surface area contributed by atoms with Crippen molar-refractivity contribution in [2.75, 3.05) is 11.5 Å². The second kappa shape index (κ2) is 5.57. The molecule has 0 spiro atoms. The van der Waals surface area contributed by atoms with Gasteiger partial charge in [0.25, 0.3) is 17.4 Å². The molecule has 0 bridgehead atoms. The zero-order chi connectivity index (χ0) is 16.7. The molecule has 10 nitrogen and oxygen atoms in total. The van der Waals surface area contributed by atoms with Crippen LogP contribution in [0, 0.1) is 0 Å². The smallest absolute Gasteiger partial charge is 0.330 e. The first-order chi connectivity index (χ1) is 10.9. The van der Waals surface area contributed by atoms with Crippen molar-refractivity contribution in [3.8, 4) is 0 Å². The zero-order valence-corrected chi connectivity index (χ0v) is 11.7. The molecule has 1 saturated heterocycles. The number of nitrogens with zero attached hydrogens (tertiary/aromatic N) is 2. The van der Waals surface area contributed by atoms with Crippen LogP contribution in [0.4, 0.5) is 5.69 Å². The number of hydrogen-bond acceptors (Lipinski definition) is 7. The minimum absolute atomic E-state index is 0.0107. The Labute approximate surface area is 128 Å². The van der Waals surface area contributed by atoms with Gasteiger partial charge in [0.1, 0.15) is 18.0 Å². The van der Waals surface area contributed by atoms with Crippen LogP contribution >= 0.6 is 0 Å². The van der Waals surface area contributed by atoms with Gasteiger partial charge in [-0.3, -0.25) is 23.9 Å². The molecule has 3 rings (SSSR count). The van der Waals surface area contributed by atoms with E-state index in [9.17, 15) is 24.3 Å². The van der Waals surface area contributed by atoms with Crippen LogP contribution in [-0.4, -0.2) is 50.4 Å². The minimum atomic E-state index is -0.982. The number of anilines is 1. The number of carbonyl (C=O) groups excluding carboxylic acids is 2. The first-order valence-electron chi connectivity index (χ1n) is 6.78. The van der Waals surface area contributed by atoms with Crippen molar-refractivity contribution < 1.29 is 24.5 Å². The number of aromatic amines is 1. The summed E-state index contributed by atoms with van der Waals surface area (Å²) in [6.07, 6.45) is 0.274. The molecule has 3 atom stereocenters. The number of imide groups is 1. The number of nitrogens with one attached hydrogen (secondary N) is 1. The van der Waals surface area contributed by atoms with E-state index in [1.165, 1.54) is 0 Å². The maximum atomic E-state index is 11.9. The summed E-state index contributed by atoms with van der Waals surface area (Å²) in [5.41, 5.74) is -2.04. The molecule has 1 aromatic heterocycles. The molecule has 3 heterocycles. The van der Waals surface area contributed by atoms with Gasteiger partial charge in [0.2, 0.25) is 0 Å². The molecule has 0 unspecified atom stereocenters. The number of hydrogen-bond donors (Lipinski definition) is 3. The van der Waals surface area contributed by atoms with Gasteiger partial charge in [-0.25, -0.2) is 9.69 Å². The summed E-state index contributed by atoms with van der Waals surface area (Å²) in [4.78, 5) is 49.8. The fraction of sp³-hybridized carbons (Fsp3) is 0.385. The van der Waals surface area contributed by atoms with E-state index in [1.54, 1.807) is 0 Å². The van der Waals surface area contributed by atoms with Crippen LogP contribution in [0.1, 0.15) is 12.6 Å². The monoisotopic (exact) mass is 323 g/mol. The van der Waals surface area contributed by atoms with Gasteiger partial charge < -0.3 is 14.9 Å². The molecule has 2 amide bonds. The minimum Gasteiger partial charge on any atom is -0.394 e.